The largest absolute Gasteiger partial charge is 0.503 e. The molecular formula is C25H25ClN2O4. The van der Waals surface area contributed by atoms with E-state index >= 15 is 0 Å². The molecule has 0 spiro atoms. The van der Waals surface area contributed by atoms with Crippen LogP contribution >= 0.6 is 11.6 Å². The van der Waals surface area contributed by atoms with Crippen LogP contribution < -0.4 is 0 Å². The normalized spacial score (nSPS) is 16.6. The van der Waals surface area contributed by atoms with Crippen LogP contribution in [0, 0.1) is 0 Å². The first-order valence-corrected chi connectivity index (χ1v) is 11.1. The molecule has 1 atom stereocenters. The molecule has 32 heavy (non-hydrogen) atoms. The quantitative estimate of drug-likeness (QED) is 0.486. The van der Waals surface area contributed by atoms with Crippen molar-refractivity contribution in [1.29, 1.82) is 0 Å². The molecule has 0 bridgehead atoms. The van der Waals surface area contributed by atoms with Crippen molar-refractivity contribution in [2.75, 3.05) is 26.2 Å². The molecule has 1 unspecified atom stereocenters. The van der Waals surface area contributed by atoms with Gasteiger partial charge in [-0.25, -0.2) is 0 Å². The lowest BCUT2D eigenvalue weighted by Gasteiger charge is -2.29. The molecule has 166 valence electrons. The monoisotopic (exact) mass is 452 g/mol. The topological polar surface area (TPSA) is 74.0 Å². The van der Waals surface area contributed by atoms with Gasteiger partial charge in [-0.2, -0.15) is 0 Å². The Hall–Kier alpha value is -3.09. The molecule has 6 nitrogen and oxygen atoms in total. The van der Waals surface area contributed by atoms with Crippen molar-refractivity contribution in [3.05, 3.63) is 82.3 Å². The lowest BCUT2D eigenvalue weighted by molar-refractivity contribution is -0.129. The Morgan fingerprint density at radius 1 is 1.12 bits per heavy atom. The van der Waals surface area contributed by atoms with Crippen LogP contribution in [0.15, 0.2) is 70.3 Å². The average Bonchev–Trinajstić information content (AvgIpc) is 3.34. The summed E-state index contributed by atoms with van der Waals surface area (Å²) in [7, 11) is 0. The van der Waals surface area contributed by atoms with Crippen LogP contribution in [0.2, 0.25) is 5.02 Å². The predicted molar refractivity (Wildman–Crippen MR) is 124 cm³/mol. The van der Waals surface area contributed by atoms with Crippen molar-refractivity contribution in [3.63, 3.8) is 0 Å². The van der Waals surface area contributed by atoms with Crippen LogP contribution in [0.5, 0.6) is 0 Å². The number of benzene rings is 2. The number of nitrogens with zero attached hydrogens (tertiary/aromatic N) is 2. The van der Waals surface area contributed by atoms with E-state index in [4.69, 9.17) is 16.0 Å². The molecule has 0 aliphatic carbocycles. The number of aliphatic hydroxyl groups is 1. The van der Waals surface area contributed by atoms with E-state index in [-0.39, 0.29) is 11.3 Å². The first-order chi connectivity index (χ1) is 15.4. The number of furan rings is 1. The Kier molecular flexibility index (Phi) is 6.35. The van der Waals surface area contributed by atoms with Crippen molar-refractivity contribution in [2.45, 2.75) is 19.9 Å². The highest BCUT2D eigenvalue weighted by Crippen LogP contribution is 2.39. The van der Waals surface area contributed by atoms with Gasteiger partial charge in [-0.15, -0.1) is 0 Å². The molecule has 0 radical (unpaired) electrons. The fourth-order valence-electron chi connectivity index (χ4n) is 4.12. The molecule has 1 aliphatic heterocycles. The van der Waals surface area contributed by atoms with E-state index in [1.807, 2.05) is 18.2 Å². The maximum absolute atomic E-state index is 13.5. The van der Waals surface area contributed by atoms with E-state index < -0.39 is 23.5 Å². The standard InChI is InChI=1S/C25H25ClN2O4/c1-3-27(4-2)13-14-28-22(16-9-11-18(26)12-10-16)21(24(30)25(28)31)23(29)20-15-17-7-5-6-8-19(17)32-20/h5-12,15,22,30H,3-4,13-14H2,1-2H3. The molecular weight excluding hydrogens is 428 g/mol. The molecule has 2 aromatic carbocycles. The van der Waals surface area contributed by atoms with Gasteiger partial charge in [0.25, 0.3) is 5.91 Å². The van der Waals surface area contributed by atoms with Gasteiger partial charge in [-0.05, 0) is 42.9 Å². The van der Waals surface area contributed by atoms with Crippen LogP contribution in [-0.4, -0.2) is 52.8 Å². The third kappa shape index (κ3) is 4.04. The van der Waals surface area contributed by atoms with Crippen LogP contribution in [0.1, 0.15) is 36.0 Å². The van der Waals surface area contributed by atoms with E-state index in [1.54, 1.807) is 41.3 Å². The van der Waals surface area contributed by atoms with Crippen LogP contribution in [-0.2, 0) is 4.79 Å². The van der Waals surface area contributed by atoms with Crippen molar-refractivity contribution < 1.29 is 19.1 Å². The molecule has 1 amide bonds. The van der Waals surface area contributed by atoms with Crippen molar-refractivity contribution in [2.24, 2.45) is 0 Å². The molecule has 7 heteroatoms. The second kappa shape index (κ2) is 9.18. The minimum Gasteiger partial charge on any atom is -0.503 e. The number of likely N-dealkylation sites (N-methyl/N-ethyl adjacent to an activating group) is 1. The van der Waals surface area contributed by atoms with Gasteiger partial charge in [0.05, 0.1) is 11.6 Å². The molecule has 3 aromatic rings. The zero-order valence-corrected chi connectivity index (χ0v) is 18.8. The van der Waals surface area contributed by atoms with Gasteiger partial charge in [0, 0.05) is 23.5 Å². The van der Waals surface area contributed by atoms with Crippen molar-refractivity contribution >= 4 is 34.3 Å². The number of carbonyl (C=O) groups is 2. The lowest BCUT2D eigenvalue weighted by Crippen LogP contribution is -2.38. The number of amides is 1. The molecule has 1 aromatic heterocycles. The van der Waals surface area contributed by atoms with Gasteiger partial charge in [-0.3, -0.25) is 9.59 Å². The van der Waals surface area contributed by atoms with E-state index in [2.05, 4.69) is 18.7 Å². The molecule has 0 fully saturated rings. The summed E-state index contributed by atoms with van der Waals surface area (Å²) in [5.41, 5.74) is 1.29. The summed E-state index contributed by atoms with van der Waals surface area (Å²) in [6, 6.07) is 15.2. The van der Waals surface area contributed by atoms with E-state index in [0.29, 0.717) is 29.3 Å². The van der Waals surface area contributed by atoms with Crippen LogP contribution in [0.3, 0.4) is 0 Å². The number of carbonyl (C=O) groups excluding carboxylic acids is 2. The van der Waals surface area contributed by atoms with Crippen molar-refractivity contribution in [3.8, 4) is 0 Å². The maximum Gasteiger partial charge on any atom is 0.290 e. The first-order valence-electron chi connectivity index (χ1n) is 10.7. The highest BCUT2D eigenvalue weighted by Gasteiger charge is 2.44. The number of hydrogen-bond donors (Lipinski definition) is 1. The lowest BCUT2D eigenvalue weighted by atomic mass is 9.95. The summed E-state index contributed by atoms with van der Waals surface area (Å²) in [4.78, 5) is 30.3. The van der Waals surface area contributed by atoms with E-state index in [9.17, 15) is 14.7 Å². The molecule has 4 rings (SSSR count). The van der Waals surface area contributed by atoms with Gasteiger partial charge in [0.1, 0.15) is 5.58 Å². The highest BCUT2D eigenvalue weighted by atomic mass is 35.5. The second-order valence-corrected chi connectivity index (χ2v) is 8.16. The summed E-state index contributed by atoms with van der Waals surface area (Å²) in [5, 5.41) is 12.1. The Bertz CT molecular complexity index is 1150. The molecule has 2 heterocycles. The maximum atomic E-state index is 13.5. The van der Waals surface area contributed by atoms with Gasteiger partial charge < -0.3 is 19.3 Å². The number of Topliss-reactive ketones (excluding diaryl/α,β-unsaturated/α-hetero) is 1. The summed E-state index contributed by atoms with van der Waals surface area (Å²) in [6.07, 6.45) is 0. The number of aliphatic hydroxyl groups excluding tert-OH is 1. The minimum atomic E-state index is -0.726. The number of rotatable bonds is 8. The Morgan fingerprint density at radius 2 is 1.81 bits per heavy atom. The zero-order valence-electron chi connectivity index (χ0n) is 18.0. The predicted octanol–water partition coefficient (Wildman–Crippen LogP) is 5.01. The Morgan fingerprint density at radius 3 is 2.47 bits per heavy atom. The number of hydrogen-bond acceptors (Lipinski definition) is 5. The van der Waals surface area contributed by atoms with E-state index in [1.165, 1.54) is 0 Å². The smallest absolute Gasteiger partial charge is 0.290 e. The SMILES string of the molecule is CCN(CC)CCN1C(=O)C(O)=C(C(=O)c2cc3ccccc3o2)C1c1ccc(Cl)cc1. The third-order valence-corrected chi connectivity index (χ3v) is 6.19. The summed E-state index contributed by atoms with van der Waals surface area (Å²) in [5.74, 6) is -1.51. The molecule has 0 saturated carbocycles. The zero-order chi connectivity index (χ0) is 22.8. The van der Waals surface area contributed by atoms with Crippen LogP contribution in [0.25, 0.3) is 11.0 Å². The van der Waals surface area contributed by atoms with Gasteiger partial charge in [-0.1, -0.05) is 55.8 Å². The number of fused-ring (bicyclic) bond motifs is 1. The molecule has 1 N–H and O–H groups in total. The molecule has 0 saturated heterocycles. The second-order valence-electron chi connectivity index (χ2n) is 7.72. The van der Waals surface area contributed by atoms with Gasteiger partial charge >= 0.3 is 0 Å². The van der Waals surface area contributed by atoms with Gasteiger partial charge in [0.15, 0.2) is 11.5 Å². The fourth-order valence-corrected chi connectivity index (χ4v) is 4.25. The van der Waals surface area contributed by atoms with Gasteiger partial charge in [0.2, 0.25) is 5.78 Å². The first kappa shape index (κ1) is 22.1. The van der Waals surface area contributed by atoms with Crippen molar-refractivity contribution in [1.82, 2.24) is 9.80 Å². The average molecular weight is 453 g/mol. The summed E-state index contributed by atoms with van der Waals surface area (Å²) < 4.78 is 5.74. The van der Waals surface area contributed by atoms with Crippen LogP contribution in [0.4, 0.5) is 0 Å². The summed E-state index contributed by atoms with van der Waals surface area (Å²) in [6.45, 7) is 6.79. The fraction of sp³-hybridized carbons (Fsp3) is 0.280. The number of ketones is 1. The minimum absolute atomic E-state index is 0.0240. The number of halogens is 1. The number of para-hydroxylation sites is 1. The summed E-state index contributed by atoms with van der Waals surface area (Å²) >= 11 is 6.06. The third-order valence-electron chi connectivity index (χ3n) is 5.93. The van der Waals surface area contributed by atoms with E-state index in [0.717, 1.165) is 18.5 Å². The molecule has 1 aliphatic rings. The highest BCUT2D eigenvalue weighted by molar-refractivity contribution is 6.30. The Balaban J connectivity index is 1.74. The Labute approximate surface area is 191 Å².